The Hall–Kier alpha value is -2.58. The van der Waals surface area contributed by atoms with Crippen molar-refractivity contribution in [2.75, 3.05) is 5.75 Å². The van der Waals surface area contributed by atoms with E-state index in [-0.39, 0.29) is 4.90 Å². The molecule has 0 bridgehead atoms. The van der Waals surface area contributed by atoms with Gasteiger partial charge in [0.05, 0.1) is 15.1 Å². The lowest BCUT2D eigenvalue weighted by atomic mass is 10.1. The molecule has 3 rings (SSSR count). The van der Waals surface area contributed by atoms with Crippen LogP contribution in [0.15, 0.2) is 58.9 Å². The van der Waals surface area contributed by atoms with Crippen LogP contribution in [0.1, 0.15) is 11.1 Å². The normalized spacial score (nSPS) is 12.5. The number of hydrogen-bond donors (Lipinski definition) is 0. The van der Waals surface area contributed by atoms with E-state index in [0.29, 0.717) is 11.3 Å². The lowest BCUT2D eigenvalue weighted by molar-refractivity contribution is -0.115. The molecule has 0 aliphatic heterocycles. The van der Waals surface area contributed by atoms with Crippen molar-refractivity contribution in [1.82, 2.24) is 4.57 Å². The van der Waals surface area contributed by atoms with Crippen LogP contribution >= 0.6 is 11.3 Å². The van der Waals surface area contributed by atoms with E-state index in [0.717, 1.165) is 45.6 Å². The molecule has 0 saturated carbocycles. The van der Waals surface area contributed by atoms with Crippen molar-refractivity contribution in [3.63, 3.8) is 0 Å². The molecule has 0 saturated heterocycles. The maximum absolute atomic E-state index is 13.0. The van der Waals surface area contributed by atoms with Crippen LogP contribution in [0.2, 0.25) is 0 Å². The first-order chi connectivity index (χ1) is 13.2. The fourth-order valence-electron chi connectivity index (χ4n) is 2.74. The van der Waals surface area contributed by atoms with Gasteiger partial charge in [0.25, 0.3) is 5.91 Å². The van der Waals surface area contributed by atoms with E-state index in [4.69, 9.17) is 0 Å². The van der Waals surface area contributed by atoms with Crippen LogP contribution in [0.25, 0.3) is 10.2 Å². The summed E-state index contributed by atoms with van der Waals surface area (Å²) >= 11 is 1.32. The van der Waals surface area contributed by atoms with Crippen molar-refractivity contribution in [3.8, 4) is 0 Å². The number of thiazole rings is 1. The lowest BCUT2D eigenvalue weighted by Crippen LogP contribution is -2.20. The van der Waals surface area contributed by atoms with E-state index in [1.54, 1.807) is 6.08 Å². The molecule has 0 aliphatic carbocycles. The van der Waals surface area contributed by atoms with Gasteiger partial charge in [-0.2, -0.15) is 4.99 Å². The third-order valence-electron chi connectivity index (χ3n) is 4.32. The number of hydrogen-bond acceptors (Lipinski definition) is 4. The molecule has 1 aromatic heterocycles. The molecule has 0 radical (unpaired) electrons. The van der Waals surface area contributed by atoms with Crippen LogP contribution in [-0.4, -0.2) is 24.6 Å². The Balaban J connectivity index is 2.01. The molecule has 5 nitrogen and oxygen atoms in total. The van der Waals surface area contributed by atoms with Crippen molar-refractivity contribution >= 4 is 37.3 Å². The first-order valence-electron chi connectivity index (χ1n) is 8.48. The molecule has 0 atom stereocenters. The standard InChI is InChI=1S/C20H19FN2O3S2/c1-4-9-23-17-10-13(2)14(3)11-18(17)27-20(23)22-19(24)12-28(25,26)16-7-5-15(21)6-8-16/h4-8,10-11H,1,9,12H2,2-3H3. The highest BCUT2D eigenvalue weighted by molar-refractivity contribution is 7.92. The van der Waals surface area contributed by atoms with Crippen molar-refractivity contribution in [2.45, 2.75) is 25.3 Å². The Morgan fingerprint density at radius 1 is 1.21 bits per heavy atom. The SMILES string of the molecule is C=CCn1c(=NC(=O)CS(=O)(=O)c2ccc(F)cc2)sc2cc(C)c(C)cc21. The maximum atomic E-state index is 13.0. The van der Waals surface area contributed by atoms with E-state index in [9.17, 15) is 17.6 Å². The molecular formula is C20H19FN2O3S2. The van der Waals surface area contributed by atoms with E-state index in [1.807, 2.05) is 30.5 Å². The number of benzene rings is 2. The zero-order valence-electron chi connectivity index (χ0n) is 15.5. The third kappa shape index (κ3) is 4.13. The summed E-state index contributed by atoms with van der Waals surface area (Å²) in [6.45, 7) is 8.19. The average Bonchev–Trinajstić information content (AvgIpc) is 2.92. The predicted molar refractivity (Wildman–Crippen MR) is 109 cm³/mol. The molecule has 28 heavy (non-hydrogen) atoms. The molecule has 1 amide bonds. The zero-order valence-corrected chi connectivity index (χ0v) is 17.1. The summed E-state index contributed by atoms with van der Waals surface area (Å²) in [6, 6.07) is 8.41. The number of rotatable bonds is 5. The van der Waals surface area contributed by atoms with Gasteiger partial charge in [-0.25, -0.2) is 12.8 Å². The molecular weight excluding hydrogens is 399 g/mol. The van der Waals surface area contributed by atoms with Gasteiger partial charge in [-0.1, -0.05) is 17.4 Å². The lowest BCUT2D eigenvalue weighted by Gasteiger charge is -2.04. The molecule has 146 valence electrons. The number of sulfone groups is 1. The van der Waals surface area contributed by atoms with E-state index in [1.165, 1.54) is 11.3 Å². The highest BCUT2D eigenvalue weighted by Gasteiger charge is 2.19. The molecule has 0 spiro atoms. The highest BCUT2D eigenvalue weighted by Crippen LogP contribution is 2.22. The minimum absolute atomic E-state index is 0.112. The zero-order chi connectivity index (χ0) is 20.5. The van der Waals surface area contributed by atoms with E-state index < -0.39 is 27.3 Å². The van der Waals surface area contributed by atoms with E-state index >= 15 is 0 Å². The fourth-order valence-corrected chi connectivity index (χ4v) is 4.98. The molecule has 0 N–H and O–H groups in total. The molecule has 1 heterocycles. The monoisotopic (exact) mass is 418 g/mol. The Kier molecular flexibility index (Phi) is 5.62. The maximum Gasteiger partial charge on any atom is 0.263 e. The number of aromatic nitrogens is 1. The van der Waals surface area contributed by atoms with Crippen LogP contribution in [0.3, 0.4) is 0 Å². The summed E-state index contributed by atoms with van der Waals surface area (Å²) in [6.07, 6.45) is 1.69. The number of halogens is 1. The number of nitrogens with zero attached hydrogens (tertiary/aromatic N) is 2. The van der Waals surface area contributed by atoms with Crippen LogP contribution < -0.4 is 4.80 Å². The van der Waals surface area contributed by atoms with Gasteiger partial charge in [0, 0.05) is 6.54 Å². The summed E-state index contributed by atoms with van der Waals surface area (Å²) in [5.74, 6) is -2.10. The number of carbonyl (C=O) groups excluding carboxylic acids is 1. The van der Waals surface area contributed by atoms with Gasteiger partial charge in [-0.05, 0) is 61.4 Å². The van der Waals surface area contributed by atoms with Crippen LogP contribution in [0, 0.1) is 19.7 Å². The summed E-state index contributed by atoms with van der Waals surface area (Å²) in [7, 11) is -3.90. The van der Waals surface area contributed by atoms with Crippen LogP contribution in [0.5, 0.6) is 0 Å². The molecule has 0 unspecified atom stereocenters. The molecule has 0 aliphatic rings. The Bertz CT molecular complexity index is 1240. The predicted octanol–water partition coefficient (Wildman–Crippen LogP) is 3.55. The van der Waals surface area contributed by atoms with Crippen molar-refractivity contribution in [2.24, 2.45) is 4.99 Å². The number of aryl methyl sites for hydroxylation is 2. The average molecular weight is 419 g/mol. The first-order valence-corrected chi connectivity index (χ1v) is 11.0. The summed E-state index contributed by atoms with van der Waals surface area (Å²) in [5.41, 5.74) is 3.15. The second-order valence-electron chi connectivity index (χ2n) is 6.41. The summed E-state index contributed by atoms with van der Waals surface area (Å²) in [4.78, 5) is 16.7. The van der Waals surface area contributed by atoms with Gasteiger partial charge in [0.15, 0.2) is 14.6 Å². The number of allylic oxidation sites excluding steroid dienone is 1. The van der Waals surface area contributed by atoms with Crippen LogP contribution in [0.4, 0.5) is 4.39 Å². The van der Waals surface area contributed by atoms with Gasteiger partial charge >= 0.3 is 0 Å². The minimum atomic E-state index is -3.90. The van der Waals surface area contributed by atoms with Gasteiger partial charge in [0.1, 0.15) is 11.6 Å². The number of fused-ring (bicyclic) bond motifs is 1. The molecule has 8 heteroatoms. The minimum Gasteiger partial charge on any atom is -0.312 e. The second kappa shape index (κ2) is 7.81. The van der Waals surface area contributed by atoms with Gasteiger partial charge in [-0.15, -0.1) is 6.58 Å². The van der Waals surface area contributed by atoms with Gasteiger partial charge < -0.3 is 4.57 Å². The van der Waals surface area contributed by atoms with Crippen LogP contribution in [-0.2, 0) is 21.2 Å². The largest absolute Gasteiger partial charge is 0.312 e. The Labute approximate surface area is 166 Å². The Morgan fingerprint density at radius 3 is 2.50 bits per heavy atom. The second-order valence-corrected chi connectivity index (χ2v) is 9.41. The quantitative estimate of drug-likeness (QED) is 0.470. The third-order valence-corrected chi connectivity index (χ3v) is 6.98. The molecule has 2 aromatic carbocycles. The van der Waals surface area contributed by atoms with E-state index in [2.05, 4.69) is 11.6 Å². The topological polar surface area (TPSA) is 68.5 Å². The number of amides is 1. The first kappa shape index (κ1) is 20.2. The molecule has 0 fully saturated rings. The summed E-state index contributed by atoms with van der Waals surface area (Å²) < 4.78 is 40.6. The Morgan fingerprint density at radius 2 is 1.86 bits per heavy atom. The van der Waals surface area contributed by atoms with Crippen molar-refractivity contribution < 1.29 is 17.6 Å². The highest BCUT2D eigenvalue weighted by atomic mass is 32.2. The number of carbonyl (C=O) groups is 1. The van der Waals surface area contributed by atoms with Gasteiger partial charge in [-0.3, -0.25) is 4.79 Å². The van der Waals surface area contributed by atoms with Crippen molar-refractivity contribution in [3.05, 3.63) is 70.8 Å². The molecule has 3 aromatic rings. The summed E-state index contributed by atoms with van der Waals surface area (Å²) in [5, 5.41) is 0. The van der Waals surface area contributed by atoms with Crippen molar-refractivity contribution in [1.29, 1.82) is 0 Å². The van der Waals surface area contributed by atoms with Gasteiger partial charge in [0.2, 0.25) is 0 Å². The smallest absolute Gasteiger partial charge is 0.263 e. The fraction of sp³-hybridized carbons (Fsp3) is 0.200.